The highest BCUT2D eigenvalue weighted by atomic mass is 16.2. The summed E-state index contributed by atoms with van der Waals surface area (Å²) in [6.07, 6.45) is 5.90. The average Bonchev–Trinajstić information content (AvgIpc) is 2.45. The van der Waals surface area contributed by atoms with Crippen molar-refractivity contribution in [3.63, 3.8) is 0 Å². The van der Waals surface area contributed by atoms with Crippen molar-refractivity contribution in [1.29, 1.82) is 5.26 Å². The predicted molar refractivity (Wildman–Crippen MR) is 68.6 cm³/mol. The number of carbonyl (C=O) groups excluding carboxylic acids is 1. The van der Waals surface area contributed by atoms with Crippen LogP contribution in [0.1, 0.15) is 48.0 Å². The summed E-state index contributed by atoms with van der Waals surface area (Å²) in [6.45, 7) is 0. The minimum atomic E-state index is -0.238. The van der Waals surface area contributed by atoms with Gasteiger partial charge in [0.15, 0.2) is 0 Å². The number of hydrogen-bond donors (Lipinski definition) is 2. The molecule has 0 bridgehead atoms. The molecule has 0 atom stereocenters. The molecule has 94 valence electrons. The molecule has 0 unspecified atom stereocenters. The molecule has 1 aromatic rings. The Hall–Kier alpha value is -1.86. The van der Waals surface area contributed by atoms with E-state index in [1.54, 1.807) is 24.3 Å². The molecule has 1 saturated carbocycles. The van der Waals surface area contributed by atoms with Crippen molar-refractivity contribution in [3.05, 3.63) is 35.4 Å². The first-order valence-electron chi connectivity index (χ1n) is 6.36. The predicted octanol–water partition coefficient (Wildman–Crippen LogP) is 2.13. The van der Waals surface area contributed by atoms with Crippen LogP contribution in [0.5, 0.6) is 0 Å². The Bertz CT molecular complexity index is 458. The van der Waals surface area contributed by atoms with E-state index in [9.17, 15) is 4.79 Å². The lowest BCUT2D eigenvalue weighted by Crippen LogP contribution is -2.45. The van der Waals surface area contributed by atoms with Crippen LogP contribution in [0.15, 0.2) is 24.3 Å². The molecule has 4 nitrogen and oxygen atoms in total. The van der Waals surface area contributed by atoms with Crippen LogP contribution in [0.2, 0.25) is 0 Å². The zero-order valence-corrected chi connectivity index (χ0v) is 10.3. The van der Waals surface area contributed by atoms with Crippen molar-refractivity contribution < 1.29 is 4.79 Å². The SMILES string of the molecule is N#Cc1ccccc1C(=O)NNC1CCCCC1. The van der Waals surface area contributed by atoms with Gasteiger partial charge < -0.3 is 0 Å². The number of hydrogen-bond acceptors (Lipinski definition) is 3. The molecule has 4 heteroatoms. The van der Waals surface area contributed by atoms with Gasteiger partial charge in [0.25, 0.3) is 5.91 Å². The molecule has 0 aromatic heterocycles. The second-order valence-corrected chi connectivity index (χ2v) is 4.59. The summed E-state index contributed by atoms with van der Waals surface area (Å²) in [5.41, 5.74) is 6.59. The van der Waals surface area contributed by atoms with Crippen LogP contribution in [0.25, 0.3) is 0 Å². The Kier molecular flexibility index (Phi) is 4.32. The van der Waals surface area contributed by atoms with Gasteiger partial charge in [-0.15, -0.1) is 0 Å². The number of rotatable bonds is 3. The molecule has 18 heavy (non-hydrogen) atoms. The van der Waals surface area contributed by atoms with Crippen molar-refractivity contribution in [2.75, 3.05) is 0 Å². The van der Waals surface area contributed by atoms with Gasteiger partial charge in [0.05, 0.1) is 17.2 Å². The van der Waals surface area contributed by atoms with Gasteiger partial charge in [0.1, 0.15) is 0 Å². The third kappa shape index (κ3) is 3.08. The molecule has 0 spiro atoms. The molecule has 1 aliphatic rings. The first-order valence-corrected chi connectivity index (χ1v) is 6.36. The van der Waals surface area contributed by atoms with Crippen LogP contribution in [0.3, 0.4) is 0 Å². The summed E-state index contributed by atoms with van der Waals surface area (Å²) in [5, 5.41) is 8.93. The topological polar surface area (TPSA) is 64.9 Å². The second-order valence-electron chi connectivity index (χ2n) is 4.59. The van der Waals surface area contributed by atoms with Crippen molar-refractivity contribution in [1.82, 2.24) is 10.9 Å². The first kappa shape index (κ1) is 12.6. The molecule has 0 heterocycles. The average molecular weight is 243 g/mol. The van der Waals surface area contributed by atoms with Crippen molar-refractivity contribution >= 4 is 5.91 Å². The Morgan fingerprint density at radius 1 is 1.22 bits per heavy atom. The van der Waals surface area contributed by atoms with Gasteiger partial charge in [-0.2, -0.15) is 5.26 Å². The molecule has 0 saturated heterocycles. The maximum Gasteiger partial charge on any atom is 0.266 e. The lowest BCUT2D eigenvalue weighted by molar-refractivity contribution is 0.0919. The summed E-state index contributed by atoms with van der Waals surface area (Å²) in [5.74, 6) is -0.238. The summed E-state index contributed by atoms with van der Waals surface area (Å²) in [4.78, 5) is 11.9. The Morgan fingerprint density at radius 3 is 2.67 bits per heavy atom. The molecule has 0 radical (unpaired) electrons. The Balaban J connectivity index is 1.93. The monoisotopic (exact) mass is 243 g/mol. The minimum absolute atomic E-state index is 0.238. The van der Waals surface area contributed by atoms with E-state index in [-0.39, 0.29) is 5.91 Å². The summed E-state index contributed by atoms with van der Waals surface area (Å²) < 4.78 is 0. The van der Waals surface area contributed by atoms with Crippen LogP contribution in [-0.4, -0.2) is 11.9 Å². The van der Waals surface area contributed by atoms with Crippen LogP contribution in [0.4, 0.5) is 0 Å². The fraction of sp³-hybridized carbons (Fsp3) is 0.429. The lowest BCUT2D eigenvalue weighted by atomic mass is 9.96. The standard InChI is InChI=1S/C14H17N3O/c15-10-11-6-4-5-9-13(11)14(18)17-16-12-7-2-1-3-8-12/h4-6,9,12,16H,1-3,7-8H2,(H,17,18). The summed E-state index contributed by atoms with van der Waals surface area (Å²) in [6, 6.07) is 9.21. The summed E-state index contributed by atoms with van der Waals surface area (Å²) in [7, 11) is 0. The molecular weight excluding hydrogens is 226 g/mol. The maximum atomic E-state index is 11.9. The number of nitrogens with zero attached hydrogens (tertiary/aromatic N) is 1. The van der Waals surface area contributed by atoms with E-state index < -0.39 is 0 Å². The van der Waals surface area contributed by atoms with Crippen LogP contribution >= 0.6 is 0 Å². The highest BCUT2D eigenvalue weighted by Crippen LogP contribution is 2.16. The van der Waals surface area contributed by atoms with E-state index in [2.05, 4.69) is 10.9 Å². The van der Waals surface area contributed by atoms with Gasteiger partial charge in [0.2, 0.25) is 0 Å². The molecule has 2 N–H and O–H groups in total. The van der Waals surface area contributed by atoms with E-state index >= 15 is 0 Å². The minimum Gasteiger partial charge on any atom is -0.287 e. The Labute approximate surface area is 107 Å². The van der Waals surface area contributed by atoms with E-state index in [1.165, 1.54) is 19.3 Å². The van der Waals surface area contributed by atoms with Crippen LogP contribution < -0.4 is 10.9 Å². The number of benzene rings is 1. The fourth-order valence-electron chi connectivity index (χ4n) is 2.26. The van der Waals surface area contributed by atoms with Crippen LogP contribution in [0, 0.1) is 11.3 Å². The normalized spacial score (nSPS) is 15.9. The highest BCUT2D eigenvalue weighted by molar-refractivity contribution is 5.96. The van der Waals surface area contributed by atoms with Gasteiger partial charge in [-0.1, -0.05) is 31.4 Å². The van der Waals surface area contributed by atoms with E-state index in [0.29, 0.717) is 17.2 Å². The molecule has 2 rings (SSSR count). The number of hydrazine groups is 1. The number of carbonyl (C=O) groups is 1. The largest absolute Gasteiger partial charge is 0.287 e. The smallest absolute Gasteiger partial charge is 0.266 e. The molecule has 1 amide bonds. The van der Waals surface area contributed by atoms with Crippen LogP contribution in [-0.2, 0) is 0 Å². The third-order valence-corrected chi connectivity index (χ3v) is 3.29. The highest BCUT2D eigenvalue weighted by Gasteiger charge is 2.15. The van der Waals surface area contributed by atoms with Gasteiger partial charge in [-0.25, -0.2) is 5.43 Å². The molecule has 0 aliphatic heterocycles. The van der Waals surface area contributed by atoms with E-state index in [0.717, 1.165) is 12.8 Å². The van der Waals surface area contributed by atoms with E-state index in [4.69, 9.17) is 5.26 Å². The second kappa shape index (κ2) is 6.18. The molecule has 1 fully saturated rings. The van der Waals surface area contributed by atoms with Crippen molar-refractivity contribution in [2.24, 2.45) is 0 Å². The lowest BCUT2D eigenvalue weighted by Gasteiger charge is -2.23. The zero-order chi connectivity index (χ0) is 12.8. The molecule has 1 aromatic carbocycles. The molecular formula is C14H17N3O. The van der Waals surface area contributed by atoms with Gasteiger partial charge in [-0.05, 0) is 25.0 Å². The Morgan fingerprint density at radius 2 is 1.94 bits per heavy atom. The van der Waals surface area contributed by atoms with Crippen molar-refractivity contribution in [3.8, 4) is 6.07 Å². The quantitative estimate of drug-likeness (QED) is 0.799. The van der Waals surface area contributed by atoms with Gasteiger partial charge in [-0.3, -0.25) is 10.2 Å². The maximum absolute atomic E-state index is 11.9. The van der Waals surface area contributed by atoms with Gasteiger partial charge >= 0.3 is 0 Å². The zero-order valence-electron chi connectivity index (χ0n) is 10.3. The fourth-order valence-corrected chi connectivity index (χ4v) is 2.26. The molecule has 1 aliphatic carbocycles. The third-order valence-electron chi connectivity index (χ3n) is 3.29. The first-order chi connectivity index (χ1) is 8.81. The number of nitriles is 1. The number of amides is 1. The van der Waals surface area contributed by atoms with Gasteiger partial charge in [0, 0.05) is 6.04 Å². The summed E-state index contributed by atoms with van der Waals surface area (Å²) >= 11 is 0. The van der Waals surface area contributed by atoms with Crippen molar-refractivity contribution in [2.45, 2.75) is 38.1 Å². The number of nitrogens with one attached hydrogen (secondary N) is 2. The van der Waals surface area contributed by atoms with E-state index in [1.807, 2.05) is 6.07 Å².